The van der Waals surface area contributed by atoms with Gasteiger partial charge in [-0.25, -0.2) is 0 Å². The predicted molar refractivity (Wildman–Crippen MR) is 63.1 cm³/mol. The standard InChI is InChI=1S/C11H20N2O4/c1-9(6-10(7-14)17-3)13(8-15)5-4-11(16)12-2/h4-5,8-10,14H,6-7H2,1-3H3,(H,12,16)/b5-4-/t9-,10-/m0/s1. The molecular formula is C11H20N2O4. The van der Waals surface area contributed by atoms with Crippen molar-refractivity contribution in [2.24, 2.45) is 0 Å². The Kier molecular flexibility index (Phi) is 8.00. The molecule has 0 aromatic rings. The molecule has 2 atom stereocenters. The van der Waals surface area contributed by atoms with Crippen molar-refractivity contribution < 1.29 is 19.4 Å². The van der Waals surface area contributed by atoms with Crippen LogP contribution in [0.3, 0.4) is 0 Å². The van der Waals surface area contributed by atoms with Crippen LogP contribution in [0.25, 0.3) is 0 Å². The molecule has 0 aromatic carbocycles. The minimum absolute atomic E-state index is 0.104. The Morgan fingerprint density at radius 1 is 1.59 bits per heavy atom. The van der Waals surface area contributed by atoms with Crippen molar-refractivity contribution in [2.75, 3.05) is 20.8 Å². The van der Waals surface area contributed by atoms with Crippen LogP contribution in [0, 0.1) is 0 Å². The maximum Gasteiger partial charge on any atom is 0.245 e. The summed E-state index contributed by atoms with van der Waals surface area (Å²) in [6.45, 7) is 1.71. The number of ether oxygens (including phenoxy) is 1. The van der Waals surface area contributed by atoms with Gasteiger partial charge in [-0.2, -0.15) is 0 Å². The number of hydrogen-bond acceptors (Lipinski definition) is 4. The van der Waals surface area contributed by atoms with Gasteiger partial charge in [-0.1, -0.05) is 0 Å². The number of methoxy groups -OCH3 is 1. The number of carbonyl (C=O) groups excluding carboxylic acids is 2. The van der Waals surface area contributed by atoms with E-state index >= 15 is 0 Å². The first-order valence-electron chi connectivity index (χ1n) is 5.35. The molecule has 17 heavy (non-hydrogen) atoms. The molecule has 98 valence electrons. The molecule has 2 N–H and O–H groups in total. The lowest BCUT2D eigenvalue weighted by Gasteiger charge is -2.24. The van der Waals surface area contributed by atoms with Gasteiger partial charge in [0, 0.05) is 32.5 Å². The van der Waals surface area contributed by atoms with Crippen LogP contribution in [0.4, 0.5) is 0 Å². The van der Waals surface area contributed by atoms with Gasteiger partial charge in [-0.3, -0.25) is 9.59 Å². The summed E-state index contributed by atoms with van der Waals surface area (Å²) in [4.78, 5) is 23.2. The van der Waals surface area contributed by atoms with Crippen molar-refractivity contribution >= 4 is 12.3 Å². The molecule has 0 saturated heterocycles. The second-order valence-electron chi connectivity index (χ2n) is 3.61. The third-order valence-corrected chi connectivity index (χ3v) is 2.42. The number of likely N-dealkylation sites (N-methyl/N-ethyl adjacent to an activating group) is 1. The quantitative estimate of drug-likeness (QED) is 0.445. The molecule has 0 aliphatic heterocycles. The van der Waals surface area contributed by atoms with Crippen LogP contribution in [-0.4, -0.2) is 55.2 Å². The Hall–Kier alpha value is -1.40. The van der Waals surface area contributed by atoms with E-state index in [2.05, 4.69) is 5.32 Å². The summed E-state index contributed by atoms with van der Waals surface area (Å²) in [5.41, 5.74) is 0. The summed E-state index contributed by atoms with van der Waals surface area (Å²) in [6.07, 6.45) is 3.48. The molecule has 6 nitrogen and oxygen atoms in total. The molecule has 0 aliphatic rings. The van der Waals surface area contributed by atoms with Crippen LogP contribution in [0.5, 0.6) is 0 Å². The summed E-state index contributed by atoms with van der Waals surface area (Å²) in [5.74, 6) is -0.283. The Morgan fingerprint density at radius 2 is 2.24 bits per heavy atom. The Morgan fingerprint density at radius 3 is 2.65 bits per heavy atom. The number of rotatable bonds is 8. The molecule has 6 heteroatoms. The topological polar surface area (TPSA) is 78.9 Å². The van der Waals surface area contributed by atoms with Crippen molar-refractivity contribution in [3.63, 3.8) is 0 Å². The van der Waals surface area contributed by atoms with E-state index in [0.29, 0.717) is 12.8 Å². The van der Waals surface area contributed by atoms with E-state index in [0.717, 1.165) is 0 Å². The summed E-state index contributed by atoms with van der Waals surface area (Å²) in [5, 5.41) is 11.4. The zero-order chi connectivity index (χ0) is 13.3. The number of carbonyl (C=O) groups is 2. The van der Waals surface area contributed by atoms with Crippen LogP contribution in [0.1, 0.15) is 13.3 Å². The first-order valence-corrected chi connectivity index (χ1v) is 5.35. The van der Waals surface area contributed by atoms with Crippen molar-refractivity contribution in [3.05, 3.63) is 12.3 Å². The average Bonchev–Trinajstić information content (AvgIpc) is 2.36. The van der Waals surface area contributed by atoms with E-state index in [-0.39, 0.29) is 24.7 Å². The van der Waals surface area contributed by atoms with E-state index < -0.39 is 0 Å². The molecule has 0 saturated carbocycles. The molecule has 0 fully saturated rings. The normalized spacial score (nSPS) is 14.4. The van der Waals surface area contributed by atoms with Crippen LogP contribution in [0.15, 0.2) is 12.3 Å². The summed E-state index contributed by atoms with van der Waals surface area (Å²) in [7, 11) is 3.01. The van der Waals surface area contributed by atoms with Gasteiger partial charge in [-0.05, 0) is 13.3 Å². The lowest BCUT2D eigenvalue weighted by Crippen LogP contribution is -2.33. The van der Waals surface area contributed by atoms with Crippen molar-refractivity contribution in [2.45, 2.75) is 25.5 Å². The largest absolute Gasteiger partial charge is 0.394 e. The number of nitrogens with one attached hydrogen (secondary N) is 1. The molecule has 0 radical (unpaired) electrons. The third-order valence-electron chi connectivity index (χ3n) is 2.42. The van der Waals surface area contributed by atoms with Gasteiger partial charge in [0.2, 0.25) is 12.3 Å². The van der Waals surface area contributed by atoms with E-state index in [9.17, 15) is 9.59 Å². The molecule has 0 rings (SSSR count). The van der Waals surface area contributed by atoms with E-state index in [4.69, 9.17) is 9.84 Å². The van der Waals surface area contributed by atoms with E-state index in [1.54, 1.807) is 0 Å². The number of nitrogens with zero attached hydrogens (tertiary/aromatic N) is 1. The number of aliphatic hydroxyl groups excluding tert-OH is 1. The van der Waals surface area contributed by atoms with Gasteiger partial charge >= 0.3 is 0 Å². The highest BCUT2D eigenvalue weighted by atomic mass is 16.5. The van der Waals surface area contributed by atoms with Gasteiger partial charge in [0.1, 0.15) is 0 Å². The molecule has 0 unspecified atom stereocenters. The van der Waals surface area contributed by atoms with E-state index in [1.807, 2.05) is 6.92 Å². The van der Waals surface area contributed by atoms with Crippen molar-refractivity contribution in [1.29, 1.82) is 0 Å². The van der Waals surface area contributed by atoms with Crippen molar-refractivity contribution in [3.8, 4) is 0 Å². The van der Waals surface area contributed by atoms with Crippen LogP contribution in [0.2, 0.25) is 0 Å². The van der Waals surface area contributed by atoms with Crippen LogP contribution in [-0.2, 0) is 14.3 Å². The van der Waals surface area contributed by atoms with Crippen LogP contribution >= 0.6 is 0 Å². The minimum atomic E-state index is -0.319. The summed E-state index contributed by atoms with van der Waals surface area (Å²) < 4.78 is 5.02. The molecule has 0 heterocycles. The second-order valence-corrected chi connectivity index (χ2v) is 3.61. The van der Waals surface area contributed by atoms with Crippen molar-refractivity contribution in [1.82, 2.24) is 10.2 Å². The molecular weight excluding hydrogens is 224 g/mol. The lowest BCUT2D eigenvalue weighted by molar-refractivity contribution is -0.118. The highest BCUT2D eigenvalue weighted by Gasteiger charge is 2.15. The minimum Gasteiger partial charge on any atom is -0.394 e. The Labute approximate surface area is 101 Å². The second kappa shape index (κ2) is 8.72. The monoisotopic (exact) mass is 244 g/mol. The molecule has 2 amide bonds. The Bertz CT molecular complexity index is 264. The lowest BCUT2D eigenvalue weighted by atomic mass is 10.1. The maximum absolute atomic E-state index is 11.0. The first kappa shape index (κ1) is 15.6. The SMILES string of the molecule is CNC(=O)/C=C\N(C=O)[C@@H](C)C[C@@H](CO)OC. The fourth-order valence-corrected chi connectivity index (χ4v) is 1.27. The number of hydrogen-bond donors (Lipinski definition) is 2. The average molecular weight is 244 g/mol. The van der Waals surface area contributed by atoms with Gasteiger partial charge in [0.15, 0.2) is 0 Å². The summed E-state index contributed by atoms with van der Waals surface area (Å²) >= 11 is 0. The predicted octanol–water partition coefficient (Wildman–Crippen LogP) is -0.510. The smallest absolute Gasteiger partial charge is 0.245 e. The zero-order valence-corrected chi connectivity index (χ0v) is 10.4. The zero-order valence-electron chi connectivity index (χ0n) is 10.4. The number of amides is 2. The fraction of sp³-hybridized carbons (Fsp3) is 0.636. The molecule has 0 aliphatic carbocycles. The fourth-order valence-electron chi connectivity index (χ4n) is 1.27. The van der Waals surface area contributed by atoms with E-state index in [1.165, 1.54) is 31.3 Å². The Balaban J connectivity index is 4.39. The highest BCUT2D eigenvalue weighted by molar-refractivity contribution is 5.87. The first-order chi connectivity index (χ1) is 8.08. The highest BCUT2D eigenvalue weighted by Crippen LogP contribution is 2.07. The van der Waals surface area contributed by atoms with Gasteiger partial charge in [0.05, 0.1) is 12.7 Å². The molecule has 0 aromatic heterocycles. The van der Waals surface area contributed by atoms with Gasteiger partial charge in [-0.15, -0.1) is 0 Å². The number of aliphatic hydroxyl groups is 1. The van der Waals surface area contributed by atoms with Crippen LogP contribution < -0.4 is 5.32 Å². The van der Waals surface area contributed by atoms with Gasteiger partial charge < -0.3 is 20.1 Å². The van der Waals surface area contributed by atoms with Gasteiger partial charge in [0.25, 0.3) is 0 Å². The summed E-state index contributed by atoms with van der Waals surface area (Å²) in [6, 6.07) is -0.162. The molecule has 0 spiro atoms. The third kappa shape index (κ3) is 6.03. The molecule has 0 bridgehead atoms. The maximum atomic E-state index is 11.0.